The number of ketones is 1. The lowest BCUT2D eigenvalue weighted by Gasteiger charge is -2.15. The molecule has 1 fully saturated rings. The Bertz CT molecular complexity index is 773. The van der Waals surface area contributed by atoms with Crippen molar-refractivity contribution in [2.75, 3.05) is 0 Å². The maximum atomic E-state index is 12.8. The molecular formula is C16H16Cl2N4O2. The van der Waals surface area contributed by atoms with Gasteiger partial charge in [0.2, 0.25) is 5.82 Å². The highest BCUT2D eigenvalue weighted by atomic mass is 35.5. The zero-order valence-electron chi connectivity index (χ0n) is 12.9. The average Bonchev–Trinajstić information content (AvgIpc) is 3.30. The van der Waals surface area contributed by atoms with Gasteiger partial charge in [0.25, 0.3) is 0 Å². The number of carbonyl (C=O) groups is 1. The maximum absolute atomic E-state index is 12.8. The van der Waals surface area contributed by atoms with Crippen molar-refractivity contribution >= 4 is 29.0 Å². The van der Waals surface area contributed by atoms with Crippen LogP contribution in [-0.2, 0) is 13.0 Å². The molecule has 4 rings (SSSR count). The molecule has 2 aliphatic rings. The first kappa shape index (κ1) is 15.8. The van der Waals surface area contributed by atoms with Crippen LogP contribution in [0.3, 0.4) is 0 Å². The third-order valence-electron chi connectivity index (χ3n) is 4.99. The lowest BCUT2D eigenvalue weighted by Crippen LogP contribution is -2.18. The van der Waals surface area contributed by atoms with Gasteiger partial charge in [0.15, 0.2) is 12.4 Å². The summed E-state index contributed by atoms with van der Waals surface area (Å²) in [6.07, 6.45) is 5.37. The minimum absolute atomic E-state index is 0.0310. The number of carbonyl (C=O) groups excluding carboxylic acids is 1. The number of halogens is 2. The molecule has 6 nitrogen and oxygen atoms in total. The quantitative estimate of drug-likeness (QED) is 0.893. The molecule has 1 N–H and O–H groups in total. The van der Waals surface area contributed by atoms with Crippen molar-refractivity contribution in [3.05, 3.63) is 33.1 Å². The molecule has 0 aliphatic heterocycles. The van der Waals surface area contributed by atoms with Crippen LogP contribution in [0.25, 0.3) is 0 Å². The van der Waals surface area contributed by atoms with Crippen LogP contribution in [0, 0.1) is 11.8 Å². The molecule has 1 atom stereocenters. The molecule has 2 aromatic rings. The van der Waals surface area contributed by atoms with Crippen LogP contribution in [0.2, 0.25) is 10.0 Å². The second-order valence-electron chi connectivity index (χ2n) is 6.37. The van der Waals surface area contributed by atoms with Gasteiger partial charge in [0.05, 0.1) is 5.02 Å². The first-order valence-electron chi connectivity index (χ1n) is 8.05. The number of nitrogens with one attached hydrogen (secondary N) is 1. The molecule has 0 bridgehead atoms. The van der Waals surface area contributed by atoms with Gasteiger partial charge in [-0.1, -0.05) is 41.3 Å². The number of nitrogens with zero attached hydrogens (tertiary/aromatic N) is 3. The van der Waals surface area contributed by atoms with Crippen molar-refractivity contribution in [2.24, 2.45) is 11.8 Å². The number of hydrogen-bond donors (Lipinski definition) is 1. The van der Waals surface area contributed by atoms with Crippen LogP contribution in [0.1, 0.15) is 47.4 Å². The number of fused-ring (bicyclic) bond motifs is 1. The third-order valence-corrected chi connectivity index (χ3v) is 5.84. The van der Waals surface area contributed by atoms with E-state index < -0.39 is 0 Å². The van der Waals surface area contributed by atoms with E-state index in [4.69, 9.17) is 27.9 Å². The molecule has 24 heavy (non-hydrogen) atoms. The van der Waals surface area contributed by atoms with Crippen molar-refractivity contribution in [1.82, 2.24) is 20.6 Å². The second-order valence-corrected chi connectivity index (χ2v) is 7.13. The van der Waals surface area contributed by atoms with Crippen molar-refractivity contribution in [1.29, 1.82) is 0 Å². The highest BCUT2D eigenvalue weighted by Gasteiger charge is 2.39. The molecule has 0 spiro atoms. The number of aromatic amines is 1. The minimum atomic E-state index is 0.0310. The van der Waals surface area contributed by atoms with Gasteiger partial charge in [-0.15, -0.1) is 10.2 Å². The summed E-state index contributed by atoms with van der Waals surface area (Å²) >= 11 is 12.7. The number of Topliss-reactive ketones (excluding diaryl/α,β-unsaturated/α-hetero) is 1. The van der Waals surface area contributed by atoms with Crippen LogP contribution in [0.4, 0.5) is 0 Å². The lowest BCUT2D eigenvalue weighted by atomic mass is 9.88. The monoisotopic (exact) mass is 366 g/mol. The standard InChI is InChI=1S/C16H16Cl2N4O2/c17-14-11(24-7-12-19-21-22-20-12)6-9-5-10(8-3-1-2-4-8)16(23)13(9)15(14)18/h6,8,10H,1-5,7H2,(H,19,20,21,22). The van der Waals surface area contributed by atoms with E-state index in [1.165, 1.54) is 12.8 Å². The fraction of sp³-hybridized carbons (Fsp3) is 0.500. The van der Waals surface area contributed by atoms with Crippen molar-refractivity contribution in [2.45, 2.75) is 38.7 Å². The second kappa shape index (κ2) is 6.33. The molecule has 1 saturated carbocycles. The van der Waals surface area contributed by atoms with E-state index in [0.29, 0.717) is 34.5 Å². The summed E-state index contributed by atoms with van der Waals surface area (Å²) in [4.78, 5) is 12.8. The van der Waals surface area contributed by atoms with E-state index in [0.717, 1.165) is 18.4 Å². The summed E-state index contributed by atoms with van der Waals surface area (Å²) in [5, 5.41) is 14.1. The zero-order chi connectivity index (χ0) is 16.7. The van der Waals surface area contributed by atoms with Gasteiger partial charge < -0.3 is 4.74 Å². The van der Waals surface area contributed by atoms with Gasteiger partial charge in [-0.05, 0) is 36.8 Å². The van der Waals surface area contributed by atoms with Crippen LogP contribution in [0.15, 0.2) is 6.07 Å². The minimum Gasteiger partial charge on any atom is -0.484 e. The summed E-state index contributed by atoms with van der Waals surface area (Å²) in [5.74, 6) is 1.49. The average molecular weight is 367 g/mol. The number of rotatable bonds is 4. The first-order chi connectivity index (χ1) is 11.6. The van der Waals surface area contributed by atoms with Crippen molar-refractivity contribution < 1.29 is 9.53 Å². The molecule has 1 heterocycles. The fourth-order valence-electron chi connectivity index (χ4n) is 3.83. The van der Waals surface area contributed by atoms with Crippen LogP contribution < -0.4 is 4.74 Å². The largest absolute Gasteiger partial charge is 0.484 e. The Labute approximate surface area is 148 Å². The molecular weight excluding hydrogens is 351 g/mol. The smallest absolute Gasteiger partial charge is 0.211 e. The SMILES string of the molecule is O=C1c2c(cc(OCc3nn[nH]n3)c(Cl)c2Cl)CC1C1CCCC1. The molecule has 2 aliphatic carbocycles. The van der Waals surface area contributed by atoms with Crippen LogP contribution in [-0.4, -0.2) is 26.4 Å². The Morgan fingerprint density at radius 2 is 2.04 bits per heavy atom. The van der Waals surface area contributed by atoms with Gasteiger partial charge in [-0.25, -0.2) is 0 Å². The van der Waals surface area contributed by atoms with Gasteiger partial charge >= 0.3 is 0 Å². The van der Waals surface area contributed by atoms with E-state index >= 15 is 0 Å². The Kier molecular flexibility index (Phi) is 4.18. The molecule has 8 heteroatoms. The maximum Gasteiger partial charge on any atom is 0.211 e. The van der Waals surface area contributed by atoms with E-state index in [-0.39, 0.29) is 23.3 Å². The van der Waals surface area contributed by atoms with E-state index in [1.807, 2.05) is 6.07 Å². The fourth-order valence-corrected chi connectivity index (χ4v) is 4.34. The zero-order valence-corrected chi connectivity index (χ0v) is 14.4. The van der Waals surface area contributed by atoms with Gasteiger partial charge in [0, 0.05) is 11.5 Å². The van der Waals surface area contributed by atoms with Gasteiger partial charge in [0.1, 0.15) is 10.8 Å². The third kappa shape index (κ3) is 2.67. The summed E-state index contributed by atoms with van der Waals surface area (Å²) in [6, 6.07) is 1.83. The van der Waals surface area contributed by atoms with E-state index in [9.17, 15) is 4.79 Å². The number of H-pyrrole nitrogens is 1. The number of hydrogen-bond acceptors (Lipinski definition) is 5. The molecule has 0 amide bonds. The summed E-state index contributed by atoms with van der Waals surface area (Å²) < 4.78 is 5.67. The summed E-state index contributed by atoms with van der Waals surface area (Å²) in [5.41, 5.74) is 1.50. The van der Waals surface area contributed by atoms with Crippen molar-refractivity contribution in [3.63, 3.8) is 0 Å². The predicted molar refractivity (Wildman–Crippen MR) is 88.5 cm³/mol. The molecule has 1 aromatic carbocycles. The Balaban J connectivity index is 1.61. The number of benzene rings is 1. The highest BCUT2D eigenvalue weighted by molar-refractivity contribution is 6.45. The number of aromatic nitrogens is 4. The Morgan fingerprint density at radius 3 is 2.75 bits per heavy atom. The Hall–Kier alpha value is -1.66. The van der Waals surface area contributed by atoms with Crippen LogP contribution >= 0.6 is 23.2 Å². The molecule has 1 aromatic heterocycles. The van der Waals surface area contributed by atoms with Gasteiger partial charge in [-0.3, -0.25) is 4.79 Å². The topological polar surface area (TPSA) is 80.8 Å². The van der Waals surface area contributed by atoms with Crippen molar-refractivity contribution in [3.8, 4) is 5.75 Å². The summed E-state index contributed by atoms with van der Waals surface area (Å²) in [7, 11) is 0. The highest BCUT2D eigenvalue weighted by Crippen LogP contribution is 2.46. The van der Waals surface area contributed by atoms with E-state index in [1.54, 1.807) is 0 Å². The van der Waals surface area contributed by atoms with Gasteiger partial charge in [-0.2, -0.15) is 5.21 Å². The van der Waals surface area contributed by atoms with E-state index in [2.05, 4.69) is 20.6 Å². The molecule has 1 unspecified atom stereocenters. The Morgan fingerprint density at radius 1 is 1.25 bits per heavy atom. The first-order valence-corrected chi connectivity index (χ1v) is 8.81. The van der Waals surface area contributed by atoms with Crippen LogP contribution in [0.5, 0.6) is 5.75 Å². The molecule has 0 saturated heterocycles. The number of tetrazole rings is 1. The lowest BCUT2D eigenvalue weighted by molar-refractivity contribution is 0.0894. The predicted octanol–water partition coefficient (Wildman–Crippen LogP) is 3.63. The molecule has 0 radical (unpaired) electrons. The summed E-state index contributed by atoms with van der Waals surface area (Å²) in [6.45, 7) is 0.130. The molecule has 126 valence electrons. The number of ether oxygens (including phenoxy) is 1. The normalized spacial score (nSPS) is 20.6.